The topological polar surface area (TPSA) is 38.0 Å². The highest BCUT2D eigenvalue weighted by molar-refractivity contribution is 6.22. The molecule has 1 aromatic heterocycles. The van der Waals surface area contributed by atoms with E-state index in [1.54, 1.807) is 0 Å². The first-order chi connectivity index (χ1) is 5.43. The fourth-order valence-corrected chi connectivity index (χ4v) is 0.885. The van der Waals surface area contributed by atoms with Crippen molar-refractivity contribution in [1.29, 1.82) is 0 Å². The molecule has 1 heterocycles. The van der Waals surface area contributed by atoms with Crippen molar-refractivity contribution in [3.63, 3.8) is 0 Å². The molecule has 0 spiro atoms. The Morgan fingerprint density at radius 3 is 2.67 bits per heavy atom. The third kappa shape index (κ3) is 1.73. The fourth-order valence-electron chi connectivity index (χ4n) is 0.787. The molecule has 1 unspecified atom stereocenters. The summed E-state index contributed by atoms with van der Waals surface area (Å²) in [6, 6.07) is 0. The number of hydrogen-bond acceptors (Lipinski definition) is 2. The van der Waals surface area contributed by atoms with Crippen LogP contribution in [0.5, 0.6) is 0 Å². The Labute approximate surface area is 72.6 Å². The number of aromatic nitrogens is 2. The van der Waals surface area contributed by atoms with Gasteiger partial charge in [-0.25, -0.2) is 4.98 Å². The van der Waals surface area contributed by atoms with Crippen LogP contribution in [0.4, 0.5) is 8.78 Å². The average molecular weight is 197 g/mol. The van der Waals surface area contributed by atoms with E-state index >= 15 is 0 Å². The highest BCUT2D eigenvalue weighted by Crippen LogP contribution is 2.33. The quantitative estimate of drug-likeness (QED) is 0.724. The van der Waals surface area contributed by atoms with Gasteiger partial charge in [0.25, 0.3) is 0 Å². The molecular weight excluding hydrogens is 190 g/mol. The minimum absolute atomic E-state index is 0.157. The zero-order valence-corrected chi connectivity index (χ0v) is 6.96. The molecule has 6 heteroatoms. The van der Waals surface area contributed by atoms with Gasteiger partial charge in [0.2, 0.25) is 0 Å². The van der Waals surface area contributed by atoms with Crippen molar-refractivity contribution in [3.05, 3.63) is 18.2 Å². The maximum atomic E-state index is 12.3. The second-order valence-electron chi connectivity index (χ2n) is 2.34. The Hall–Kier alpha value is -0.680. The van der Waals surface area contributed by atoms with Crippen molar-refractivity contribution < 1.29 is 13.9 Å². The smallest absolute Gasteiger partial charge is 0.354 e. The normalized spacial score (nSPS) is 14.8. The lowest BCUT2D eigenvalue weighted by atomic mass is 10.3. The molecule has 3 nitrogen and oxygen atoms in total. The van der Waals surface area contributed by atoms with Crippen LogP contribution in [-0.2, 0) is 7.05 Å². The summed E-state index contributed by atoms with van der Waals surface area (Å²) in [4.78, 5) is 3.53. The van der Waals surface area contributed by atoms with Gasteiger partial charge >= 0.3 is 5.38 Å². The Morgan fingerprint density at radius 1 is 1.75 bits per heavy atom. The molecular formula is C6H7ClF2N2O. The van der Waals surface area contributed by atoms with Crippen LogP contribution in [0.1, 0.15) is 11.9 Å². The van der Waals surface area contributed by atoms with E-state index in [-0.39, 0.29) is 5.82 Å². The van der Waals surface area contributed by atoms with Gasteiger partial charge in [-0.1, -0.05) is 0 Å². The Morgan fingerprint density at radius 2 is 2.33 bits per heavy atom. The highest BCUT2D eigenvalue weighted by atomic mass is 35.5. The Balaban J connectivity index is 2.92. The number of nitrogens with zero attached hydrogens (tertiary/aromatic N) is 2. The average Bonchev–Trinajstić information content (AvgIpc) is 2.31. The highest BCUT2D eigenvalue weighted by Gasteiger charge is 2.39. The van der Waals surface area contributed by atoms with Gasteiger partial charge in [0.1, 0.15) is 5.82 Å². The Bertz CT molecular complexity index is 271. The van der Waals surface area contributed by atoms with Gasteiger partial charge < -0.3 is 9.67 Å². The van der Waals surface area contributed by atoms with Gasteiger partial charge in [-0.05, 0) is 11.6 Å². The molecule has 0 bridgehead atoms. The van der Waals surface area contributed by atoms with Gasteiger partial charge in [0, 0.05) is 19.4 Å². The van der Waals surface area contributed by atoms with Crippen LogP contribution in [-0.4, -0.2) is 20.0 Å². The molecule has 0 aliphatic heterocycles. The van der Waals surface area contributed by atoms with E-state index in [1.165, 1.54) is 24.0 Å². The molecule has 0 aromatic carbocycles. The predicted octanol–water partition coefficient (Wildman–Crippen LogP) is 1.29. The number of aryl methyl sites for hydroxylation is 1. The second-order valence-corrected chi connectivity index (χ2v) is 2.84. The first-order valence-corrected chi connectivity index (χ1v) is 3.52. The molecule has 0 amide bonds. The molecule has 12 heavy (non-hydrogen) atoms. The van der Waals surface area contributed by atoms with Crippen molar-refractivity contribution in [3.8, 4) is 0 Å². The minimum Gasteiger partial charge on any atom is -0.378 e. The number of halogens is 3. The van der Waals surface area contributed by atoms with Crippen LogP contribution in [0.15, 0.2) is 12.4 Å². The molecule has 0 saturated heterocycles. The molecule has 0 aliphatic carbocycles. The van der Waals surface area contributed by atoms with Crippen molar-refractivity contribution in [2.75, 3.05) is 0 Å². The number of aliphatic hydroxyl groups excluding tert-OH is 1. The minimum atomic E-state index is -3.68. The van der Waals surface area contributed by atoms with Crippen LogP contribution in [0, 0.1) is 0 Å². The summed E-state index contributed by atoms with van der Waals surface area (Å²) in [6.07, 6.45) is 0.682. The third-order valence-electron chi connectivity index (χ3n) is 1.41. The lowest BCUT2D eigenvalue weighted by Crippen LogP contribution is -2.22. The van der Waals surface area contributed by atoms with Gasteiger partial charge in [0.15, 0.2) is 6.10 Å². The van der Waals surface area contributed by atoms with E-state index in [0.29, 0.717) is 0 Å². The summed E-state index contributed by atoms with van der Waals surface area (Å²) in [6.45, 7) is 0. The van der Waals surface area contributed by atoms with Crippen LogP contribution < -0.4 is 0 Å². The first-order valence-electron chi connectivity index (χ1n) is 3.15. The predicted molar refractivity (Wildman–Crippen MR) is 39.0 cm³/mol. The number of aliphatic hydroxyl groups is 1. The molecule has 1 atom stereocenters. The van der Waals surface area contributed by atoms with E-state index < -0.39 is 11.5 Å². The van der Waals surface area contributed by atoms with E-state index in [9.17, 15) is 8.78 Å². The summed E-state index contributed by atoms with van der Waals surface area (Å²) >= 11 is 4.61. The van der Waals surface area contributed by atoms with Gasteiger partial charge in [0.05, 0.1) is 0 Å². The number of alkyl halides is 3. The standard InChI is InChI=1S/C6H7ClF2N2O/c1-11-3-2-10-5(11)4(12)6(7,8)9/h2-4,12H,1H3. The van der Waals surface area contributed by atoms with Gasteiger partial charge in [-0.2, -0.15) is 8.78 Å². The Kier molecular flexibility index (Phi) is 2.34. The van der Waals surface area contributed by atoms with Crippen molar-refractivity contribution in [2.45, 2.75) is 11.5 Å². The zero-order valence-electron chi connectivity index (χ0n) is 6.21. The van der Waals surface area contributed by atoms with Gasteiger partial charge in [-0.15, -0.1) is 0 Å². The first kappa shape index (κ1) is 9.41. The summed E-state index contributed by atoms with van der Waals surface area (Å²) in [7, 11) is 1.49. The second kappa shape index (κ2) is 2.99. The summed E-state index contributed by atoms with van der Waals surface area (Å²) in [5.74, 6) is -0.157. The molecule has 0 saturated carbocycles. The number of hydrogen-bond donors (Lipinski definition) is 1. The molecule has 68 valence electrons. The van der Waals surface area contributed by atoms with E-state index in [2.05, 4.69) is 16.6 Å². The van der Waals surface area contributed by atoms with E-state index in [4.69, 9.17) is 5.11 Å². The van der Waals surface area contributed by atoms with Crippen LogP contribution in [0.2, 0.25) is 0 Å². The summed E-state index contributed by atoms with van der Waals surface area (Å²) in [5, 5.41) is 5.28. The molecule has 1 aromatic rings. The maximum Gasteiger partial charge on any atom is 0.354 e. The molecule has 0 fully saturated rings. The fraction of sp³-hybridized carbons (Fsp3) is 0.500. The lowest BCUT2D eigenvalue weighted by molar-refractivity contribution is -0.0481. The van der Waals surface area contributed by atoms with E-state index in [0.717, 1.165) is 0 Å². The lowest BCUT2D eigenvalue weighted by Gasteiger charge is -2.14. The monoisotopic (exact) mass is 196 g/mol. The largest absolute Gasteiger partial charge is 0.378 e. The zero-order chi connectivity index (χ0) is 9.35. The van der Waals surface area contributed by atoms with Crippen LogP contribution >= 0.6 is 11.6 Å². The van der Waals surface area contributed by atoms with Crippen molar-refractivity contribution in [2.24, 2.45) is 7.05 Å². The molecule has 0 aliphatic rings. The van der Waals surface area contributed by atoms with Crippen LogP contribution in [0.3, 0.4) is 0 Å². The van der Waals surface area contributed by atoms with Crippen LogP contribution in [0.25, 0.3) is 0 Å². The summed E-state index contributed by atoms with van der Waals surface area (Å²) < 4.78 is 25.9. The summed E-state index contributed by atoms with van der Waals surface area (Å²) in [5.41, 5.74) is 0. The van der Waals surface area contributed by atoms with E-state index in [1.807, 2.05) is 0 Å². The molecule has 1 N–H and O–H groups in total. The number of rotatable bonds is 2. The van der Waals surface area contributed by atoms with Crippen molar-refractivity contribution in [1.82, 2.24) is 9.55 Å². The van der Waals surface area contributed by atoms with Crippen molar-refractivity contribution >= 4 is 11.6 Å². The molecule has 0 radical (unpaired) electrons. The number of imidazole rings is 1. The molecule has 1 rings (SSSR count). The SMILES string of the molecule is Cn1ccnc1C(O)C(F)(F)Cl. The maximum absolute atomic E-state index is 12.3. The van der Waals surface area contributed by atoms with Gasteiger partial charge in [-0.3, -0.25) is 0 Å². The third-order valence-corrected chi connectivity index (χ3v) is 1.62.